The Bertz CT molecular complexity index is 629. The van der Waals surface area contributed by atoms with Crippen LogP contribution in [0.15, 0.2) is 36.4 Å². The molecule has 1 aliphatic carbocycles. The molecule has 22 heavy (non-hydrogen) atoms. The van der Waals surface area contributed by atoms with Crippen molar-refractivity contribution in [1.82, 2.24) is 4.90 Å². The van der Waals surface area contributed by atoms with Crippen LogP contribution in [0.5, 0.6) is 0 Å². The molecule has 3 rings (SSSR count). The summed E-state index contributed by atoms with van der Waals surface area (Å²) >= 11 is 1.62. The predicted molar refractivity (Wildman–Crippen MR) is 89.5 cm³/mol. The summed E-state index contributed by atoms with van der Waals surface area (Å²) in [7, 11) is 1.79. The van der Waals surface area contributed by atoms with E-state index >= 15 is 0 Å². The summed E-state index contributed by atoms with van der Waals surface area (Å²) in [6.07, 6.45) is 4.07. The van der Waals surface area contributed by atoms with Gasteiger partial charge >= 0.3 is 0 Å². The molecule has 0 bridgehead atoms. The molecule has 1 N–H and O–H groups in total. The highest BCUT2D eigenvalue weighted by atomic mass is 32.1. The van der Waals surface area contributed by atoms with Crippen LogP contribution in [-0.2, 0) is 19.3 Å². The Morgan fingerprint density at radius 2 is 2.09 bits per heavy atom. The number of amides is 1. The number of carbonyl (C=O) groups is 1. The second-order valence-corrected chi connectivity index (χ2v) is 6.99. The van der Waals surface area contributed by atoms with Crippen LogP contribution in [0.2, 0.25) is 0 Å². The molecular formula is C18H21NO2S. The van der Waals surface area contributed by atoms with Gasteiger partial charge in [0.25, 0.3) is 5.91 Å². The topological polar surface area (TPSA) is 40.5 Å². The van der Waals surface area contributed by atoms with Gasteiger partial charge in [-0.2, -0.15) is 0 Å². The van der Waals surface area contributed by atoms with E-state index in [4.69, 9.17) is 0 Å². The Morgan fingerprint density at radius 3 is 2.77 bits per heavy atom. The van der Waals surface area contributed by atoms with Crippen LogP contribution < -0.4 is 0 Å². The minimum Gasteiger partial charge on any atom is -0.394 e. The standard InChI is InChI=1S/C18H21NO2S/c1-19(15(12-20)10-13-6-3-2-4-7-13)18(21)17-11-14-8-5-9-16(14)22-17/h2-4,6-7,11,15,20H,5,8-10,12H2,1H3. The molecule has 0 spiro atoms. The number of nitrogens with zero attached hydrogens (tertiary/aromatic N) is 1. The van der Waals surface area contributed by atoms with Gasteiger partial charge in [-0.1, -0.05) is 30.3 Å². The highest BCUT2D eigenvalue weighted by molar-refractivity contribution is 7.14. The normalized spacial score (nSPS) is 14.6. The fourth-order valence-electron chi connectivity index (χ4n) is 2.98. The summed E-state index contributed by atoms with van der Waals surface area (Å²) in [5.74, 6) is 0.0226. The fourth-order valence-corrected chi connectivity index (χ4v) is 4.22. The lowest BCUT2D eigenvalue weighted by Crippen LogP contribution is -2.40. The van der Waals surface area contributed by atoms with Crippen LogP contribution in [0.25, 0.3) is 0 Å². The molecule has 0 saturated heterocycles. The van der Waals surface area contributed by atoms with Gasteiger partial charge in [0.05, 0.1) is 17.5 Å². The van der Waals surface area contributed by atoms with Crippen molar-refractivity contribution in [2.45, 2.75) is 31.7 Å². The van der Waals surface area contributed by atoms with Gasteiger partial charge in [-0.15, -0.1) is 11.3 Å². The smallest absolute Gasteiger partial charge is 0.264 e. The fraction of sp³-hybridized carbons (Fsp3) is 0.389. The van der Waals surface area contributed by atoms with Crippen molar-refractivity contribution < 1.29 is 9.90 Å². The van der Waals surface area contributed by atoms with Crippen molar-refractivity contribution in [2.75, 3.05) is 13.7 Å². The molecule has 0 radical (unpaired) electrons. The molecule has 1 aliphatic rings. The summed E-state index contributed by atoms with van der Waals surface area (Å²) in [6.45, 7) is -0.0256. The maximum atomic E-state index is 12.7. The maximum absolute atomic E-state index is 12.7. The zero-order valence-electron chi connectivity index (χ0n) is 12.8. The highest BCUT2D eigenvalue weighted by Crippen LogP contribution is 2.31. The maximum Gasteiger partial charge on any atom is 0.264 e. The van der Waals surface area contributed by atoms with Crippen LogP contribution in [0.1, 0.15) is 32.1 Å². The molecular weight excluding hydrogens is 294 g/mol. The Hall–Kier alpha value is -1.65. The zero-order valence-corrected chi connectivity index (χ0v) is 13.6. The van der Waals surface area contributed by atoms with Crippen molar-refractivity contribution >= 4 is 17.2 Å². The third-order valence-electron chi connectivity index (χ3n) is 4.35. The number of rotatable bonds is 5. The summed E-state index contributed by atoms with van der Waals surface area (Å²) in [5.41, 5.74) is 2.47. The average Bonchev–Trinajstić information content (AvgIpc) is 3.13. The molecule has 2 aromatic rings. The van der Waals surface area contributed by atoms with Gasteiger partial charge in [0.2, 0.25) is 0 Å². The number of likely N-dealkylation sites (N-methyl/N-ethyl adjacent to an activating group) is 1. The lowest BCUT2D eigenvalue weighted by molar-refractivity contribution is 0.0665. The van der Waals surface area contributed by atoms with E-state index in [9.17, 15) is 9.90 Å². The number of fused-ring (bicyclic) bond motifs is 1. The number of hydrogen-bond acceptors (Lipinski definition) is 3. The van der Waals surface area contributed by atoms with Gasteiger partial charge in [-0.3, -0.25) is 4.79 Å². The van der Waals surface area contributed by atoms with E-state index in [0.29, 0.717) is 6.42 Å². The molecule has 0 saturated carbocycles. The molecule has 1 aromatic carbocycles. The summed E-state index contributed by atoms with van der Waals surface area (Å²) in [6, 6.07) is 11.8. The molecule has 1 atom stereocenters. The lowest BCUT2D eigenvalue weighted by atomic mass is 10.1. The minimum absolute atomic E-state index is 0.0226. The van der Waals surface area contributed by atoms with Crippen molar-refractivity contribution in [3.63, 3.8) is 0 Å². The first-order chi connectivity index (χ1) is 10.7. The van der Waals surface area contributed by atoms with Crippen LogP contribution in [0, 0.1) is 0 Å². The van der Waals surface area contributed by atoms with Crippen molar-refractivity contribution in [2.24, 2.45) is 0 Å². The summed E-state index contributed by atoms with van der Waals surface area (Å²) < 4.78 is 0. The summed E-state index contributed by atoms with van der Waals surface area (Å²) in [5, 5.41) is 9.68. The van der Waals surface area contributed by atoms with Crippen LogP contribution in [0.4, 0.5) is 0 Å². The first kappa shape index (κ1) is 15.3. The second kappa shape index (κ2) is 6.63. The van der Waals surface area contributed by atoms with Crippen molar-refractivity contribution in [3.05, 3.63) is 57.3 Å². The Kier molecular flexibility index (Phi) is 4.60. The number of hydrogen-bond donors (Lipinski definition) is 1. The second-order valence-electron chi connectivity index (χ2n) is 5.85. The predicted octanol–water partition coefficient (Wildman–Crippen LogP) is 2.91. The van der Waals surface area contributed by atoms with Gasteiger partial charge in [-0.25, -0.2) is 0 Å². The van der Waals surface area contributed by atoms with Crippen LogP contribution >= 0.6 is 11.3 Å². The average molecular weight is 315 g/mol. The van der Waals surface area contributed by atoms with Crippen molar-refractivity contribution in [3.8, 4) is 0 Å². The van der Waals surface area contributed by atoms with Gasteiger partial charge in [-0.05, 0) is 42.9 Å². The minimum atomic E-state index is -0.188. The van der Waals surface area contributed by atoms with Gasteiger partial charge < -0.3 is 10.0 Å². The number of aliphatic hydroxyl groups is 1. The Morgan fingerprint density at radius 1 is 1.32 bits per heavy atom. The van der Waals surface area contributed by atoms with Crippen LogP contribution in [0.3, 0.4) is 0 Å². The number of aliphatic hydroxyl groups excluding tert-OH is 1. The molecule has 4 heteroatoms. The first-order valence-corrected chi connectivity index (χ1v) is 8.54. The van der Waals surface area contributed by atoms with E-state index in [-0.39, 0.29) is 18.6 Å². The third-order valence-corrected chi connectivity index (χ3v) is 5.58. The van der Waals surface area contributed by atoms with Crippen molar-refractivity contribution in [1.29, 1.82) is 0 Å². The van der Waals surface area contributed by atoms with E-state index in [1.807, 2.05) is 36.4 Å². The lowest BCUT2D eigenvalue weighted by Gasteiger charge is -2.26. The zero-order chi connectivity index (χ0) is 15.5. The van der Waals surface area contributed by atoms with Gasteiger partial charge in [0.1, 0.15) is 0 Å². The number of benzene rings is 1. The molecule has 3 nitrogen and oxygen atoms in total. The SMILES string of the molecule is CN(C(=O)c1cc2c(s1)CCC2)C(CO)Cc1ccccc1. The molecule has 1 unspecified atom stereocenters. The van der Waals surface area contributed by atoms with E-state index in [0.717, 1.165) is 23.3 Å². The number of carbonyl (C=O) groups excluding carboxylic acids is 1. The monoisotopic (exact) mass is 315 g/mol. The van der Waals surface area contributed by atoms with Gasteiger partial charge in [0, 0.05) is 11.9 Å². The number of aryl methyl sites for hydroxylation is 2. The van der Waals surface area contributed by atoms with E-state index in [1.54, 1.807) is 23.3 Å². The first-order valence-electron chi connectivity index (χ1n) is 7.72. The molecule has 1 heterocycles. The quantitative estimate of drug-likeness (QED) is 0.921. The molecule has 116 valence electrons. The molecule has 1 amide bonds. The van der Waals surface area contributed by atoms with Crippen LogP contribution in [-0.4, -0.2) is 35.6 Å². The van der Waals surface area contributed by atoms with Gasteiger partial charge in [0.15, 0.2) is 0 Å². The largest absolute Gasteiger partial charge is 0.394 e. The highest BCUT2D eigenvalue weighted by Gasteiger charge is 2.24. The molecule has 0 fully saturated rings. The summed E-state index contributed by atoms with van der Waals surface area (Å²) in [4.78, 5) is 16.5. The molecule has 0 aliphatic heterocycles. The Labute approximate surface area is 135 Å². The molecule has 1 aromatic heterocycles. The number of thiophene rings is 1. The third kappa shape index (κ3) is 3.08. The van der Waals surface area contributed by atoms with E-state index in [1.165, 1.54) is 16.9 Å². The Balaban J connectivity index is 1.72. The van der Waals surface area contributed by atoms with E-state index in [2.05, 4.69) is 0 Å². The van der Waals surface area contributed by atoms with E-state index < -0.39 is 0 Å².